The average molecular weight is 1410 g/mol. The van der Waals surface area contributed by atoms with Crippen molar-refractivity contribution in [3.8, 4) is 0 Å². The molecule has 0 saturated carbocycles. The Hall–Kier alpha value is -3.54. The van der Waals surface area contributed by atoms with Crippen LogP contribution in [0.4, 0.5) is 0 Å². The van der Waals surface area contributed by atoms with E-state index in [0.29, 0.717) is 32.5 Å². The number of rotatable bonds is 44. The topological polar surface area (TPSA) is 365 Å². The molecule has 576 valence electrons. The SMILES string of the molecule is C.C.C.C.C.C.C.C.C.C.C.C.C.C.C.C.C.C.CCC=CCC(=O)OC(COC=CCC)COP(=O)([O-])OCC[NH3+].CCC=CCCC(=O)OC(COC=CCC)COP(=O)([O-])OCC[NH3+].CCC=CCCC(=O)OC(COC=CCC)COP(=O)([O-])OCC[NH3+]. The molecule has 0 aliphatic carbocycles. The van der Waals surface area contributed by atoms with Crippen LogP contribution in [0, 0.1) is 0 Å². The number of hydrogen-bond acceptors (Lipinski definition) is 21. The van der Waals surface area contributed by atoms with E-state index in [1.807, 2.05) is 71.9 Å². The molecule has 9 N–H and O–H groups in total. The van der Waals surface area contributed by atoms with Gasteiger partial charge in [0.05, 0.1) is 64.7 Å². The van der Waals surface area contributed by atoms with Gasteiger partial charge in [-0.15, -0.1) is 0 Å². The number of allylic oxidation sites excluding steroid dienone is 8. The molecule has 24 nitrogen and oxygen atoms in total. The molecule has 6 atom stereocenters. The van der Waals surface area contributed by atoms with Gasteiger partial charge in [-0.2, -0.15) is 0 Å². The Labute approximate surface area is 571 Å². The quantitative estimate of drug-likeness (QED) is 0.0168. The molecule has 0 aliphatic rings. The molecule has 0 aromatic rings. The lowest BCUT2D eigenvalue weighted by Gasteiger charge is -2.25. The first-order valence-corrected chi connectivity index (χ1v) is 29.2. The molecular weight excluding hydrogens is 1250 g/mol. The normalized spacial score (nSPS) is 12.4. The minimum absolute atomic E-state index is 0. The maximum absolute atomic E-state index is 11.8. The Morgan fingerprint density at radius 3 is 0.793 bits per heavy atom. The second-order valence-corrected chi connectivity index (χ2v) is 19.1. The third-order valence-corrected chi connectivity index (χ3v) is 10.9. The van der Waals surface area contributed by atoms with Gasteiger partial charge in [0.15, 0.2) is 18.3 Å². The molecule has 0 aliphatic heterocycles. The van der Waals surface area contributed by atoms with E-state index < -0.39 is 59.7 Å². The first kappa shape index (κ1) is 149. The van der Waals surface area contributed by atoms with Crippen molar-refractivity contribution in [1.82, 2.24) is 0 Å². The fraction of sp³-hybridized carbons (Fsp3) is 0.769. The molecule has 0 aromatic heterocycles. The smallest absolute Gasteiger partial charge is 0.310 e. The number of carbonyl (C=O) groups is 3. The van der Waals surface area contributed by atoms with E-state index in [-0.39, 0.29) is 212 Å². The molecule has 0 radical (unpaired) electrons. The zero-order valence-electron chi connectivity index (χ0n) is 44.5. The Balaban J connectivity index is -0.0000000394. The van der Waals surface area contributed by atoms with Gasteiger partial charge in [0.25, 0.3) is 23.5 Å². The number of ether oxygens (including phenoxy) is 6. The van der Waals surface area contributed by atoms with Crippen LogP contribution >= 0.6 is 23.5 Å². The summed E-state index contributed by atoms with van der Waals surface area (Å²) in [6.45, 7) is 11.3. The Morgan fingerprint density at radius 1 is 0.337 bits per heavy atom. The van der Waals surface area contributed by atoms with Gasteiger partial charge >= 0.3 is 17.9 Å². The van der Waals surface area contributed by atoms with Gasteiger partial charge in [-0.3, -0.25) is 28.1 Å². The summed E-state index contributed by atoms with van der Waals surface area (Å²) in [5.41, 5.74) is 10.4. The minimum atomic E-state index is -4.45. The maximum atomic E-state index is 11.8. The van der Waals surface area contributed by atoms with Crippen molar-refractivity contribution in [3.63, 3.8) is 0 Å². The van der Waals surface area contributed by atoms with Crippen molar-refractivity contribution < 1.29 is 116 Å². The number of esters is 3. The second-order valence-electron chi connectivity index (χ2n) is 14.9. The van der Waals surface area contributed by atoms with E-state index >= 15 is 0 Å². The molecule has 0 heterocycles. The number of quaternary nitrogens is 3. The van der Waals surface area contributed by atoms with Gasteiger partial charge in [-0.25, -0.2) is 0 Å². The molecule has 6 unspecified atom stereocenters. The molecular formula is C65H160N3O21P3. The lowest BCUT2D eigenvalue weighted by molar-refractivity contribution is -0.373. The van der Waals surface area contributed by atoms with E-state index in [0.717, 1.165) is 38.5 Å². The van der Waals surface area contributed by atoms with Gasteiger partial charge in [-0.1, -0.05) is 230 Å². The van der Waals surface area contributed by atoms with E-state index in [4.69, 9.17) is 42.0 Å². The highest BCUT2D eigenvalue weighted by molar-refractivity contribution is 7.46. The van der Waals surface area contributed by atoms with Crippen molar-refractivity contribution in [3.05, 3.63) is 73.5 Å². The van der Waals surface area contributed by atoms with Crippen molar-refractivity contribution in [2.75, 3.05) is 79.1 Å². The third-order valence-electron chi connectivity index (χ3n) is 7.98. The van der Waals surface area contributed by atoms with Crippen LogP contribution in [0.5, 0.6) is 0 Å². The fourth-order valence-electron chi connectivity index (χ4n) is 4.54. The summed E-state index contributed by atoms with van der Waals surface area (Å²) in [7, 11) is -13.3. The van der Waals surface area contributed by atoms with Crippen molar-refractivity contribution in [1.29, 1.82) is 0 Å². The van der Waals surface area contributed by atoms with Crippen LogP contribution in [-0.2, 0) is 83.6 Å². The predicted molar refractivity (Wildman–Crippen MR) is 390 cm³/mol. The van der Waals surface area contributed by atoms with E-state index in [1.54, 1.807) is 24.3 Å². The Kier molecular flexibility index (Phi) is 167. The van der Waals surface area contributed by atoms with Crippen molar-refractivity contribution in [2.24, 2.45) is 0 Å². The van der Waals surface area contributed by atoms with Gasteiger partial charge in [0.1, 0.15) is 39.6 Å². The minimum Gasteiger partial charge on any atom is -0.756 e. The summed E-state index contributed by atoms with van der Waals surface area (Å²) in [5, 5.41) is 0. The molecule has 0 saturated heterocycles. The summed E-state index contributed by atoms with van der Waals surface area (Å²) < 4.78 is 93.9. The summed E-state index contributed by atoms with van der Waals surface area (Å²) >= 11 is 0. The molecule has 0 fully saturated rings. The van der Waals surface area contributed by atoms with E-state index in [2.05, 4.69) is 30.8 Å². The number of carbonyl (C=O) groups excluding carboxylic acids is 3. The van der Waals surface area contributed by atoms with Gasteiger partial charge in [0, 0.05) is 12.8 Å². The van der Waals surface area contributed by atoms with E-state index in [9.17, 15) is 42.8 Å². The predicted octanol–water partition coefficient (Wildman–Crippen LogP) is 15.0. The lowest BCUT2D eigenvalue weighted by Crippen LogP contribution is -2.52. The summed E-state index contributed by atoms with van der Waals surface area (Å²) in [4.78, 5) is 70.0. The standard InChI is InChI=1S/2C16H30NO7P.C15H28NO7P.18CH4/c2*1-3-5-7-8-9-16(18)24-15(13-21-11-6-4-2)14-23-25(19,20)22-12-10-17;1-3-5-7-8-15(17)23-14(12-20-10-6-4-2)13-22-24(18,19)21-11-9-16;;;;;;;;;;;;;;;;;;/h2*5-7,11,15H,3-4,8-10,12-14,17H2,1-2H3,(H,19,20);5-7,10,14H,3-4,8-9,11-13,16H2,1-2H3,(H,18,19);18*1H4. The van der Waals surface area contributed by atoms with Gasteiger partial charge in [-0.05, 0) is 51.4 Å². The fourth-order valence-corrected chi connectivity index (χ4v) is 6.86. The molecule has 0 rings (SSSR count). The van der Waals surface area contributed by atoms with Crippen LogP contribution < -0.4 is 31.9 Å². The molecule has 92 heavy (non-hydrogen) atoms. The highest BCUT2D eigenvalue weighted by Gasteiger charge is 2.22. The van der Waals surface area contributed by atoms with E-state index in [1.165, 1.54) is 18.8 Å². The molecule has 0 amide bonds. The lowest BCUT2D eigenvalue weighted by atomic mass is 10.2. The monoisotopic (exact) mass is 1410 g/mol. The number of phosphoric acid groups is 3. The van der Waals surface area contributed by atoms with Crippen LogP contribution in [0.2, 0.25) is 0 Å². The highest BCUT2D eigenvalue weighted by atomic mass is 31.2. The largest absolute Gasteiger partial charge is 0.756 e. The second kappa shape index (κ2) is 104. The molecule has 0 bridgehead atoms. The first-order valence-electron chi connectivity index (χ1n) is 24.9. The van der Waals surface area contributed by atoms with Crippen LogP contribution in [-0.4, -0.2) is 115 Å². The molecule has 0 spiro atoms. The summed E-state index contributed by atoms with van der Waals surface area (Å²) in [6, 6.07) is 0. The van der Waals surface area contributed by atoms with Crippen LogP contribution in [0.1, 0.15) is 246 Å². The summed E-state index contributed by atoms with van der Waals surface area (Å²) in [5.74, 6) is -1.38. The van der Waals surface area contributed by atoms with Crippen molar-refractivity contribution >= 4 is 41.4 Å². The first-order chi connectivity index (χ1) is 35.3. The van der Waals surface area contributed by atoms with Gasteiger partial charge < -0.3 is 87.4 Å². The molecule has 0 aromatic carbocycles. The van der Waals surface area contributed by atoms with Crippen LogP contribution in [0.25, 0.3) is 0 Å². The number of hydrogen-bond donors (Lipinski definition) is 3. The van der Waals surface area contributed by atoms with Crippen LogP contribution in [0.3, 0.4) is 0 Å². The third kappa shape index (κ3) is 108. The Morgan fingerprint density at radius 2 is 0.565 bits per heavy atom. The number of phosphoric ester groups is 3. The van der Waals surface area contributed by atoms with Crippen molar-refractivity contribution in [2.45, 2.75) is 264 Å². The highest BCUT2D eigenvalue weighted by Crippen LogP contribution is 2.39. The Bertz CT molecular complexity index is 1660. The zero-order chi connectivity index (χ0) is 56.2. The zero-order valence-corrected chi connectivity index (χ0v) is 47.1. The average Bonchev–Trinajstić information content (AvgIpc) is 3.36. The van der Waals surface area contributed by atoms with Gasteiger partial charge in [0.2, 0.25) is 0 Å². The summed E-state index contributed by atoms with van der Waals surface area (Å²) in [6.07, 6.45) is 25.0. The van der Waals surface area contributed by atoms with Crippen LogP contribution in [0.15, 0.2) is 73.5 Å². The maximum Gasteiger partial charge on any atom is 0.310 e. The molecule has 27 heteroatoms.